The molecule has 0 aromatic heterocycles. The fourth-order valence-electron chi connectivity index (χ4n) is 2.10. The average Bonchev–Trinajstić information content (AvgIpc) is 2.62. The van der Waals surface area contributed by atoms with E-state index >= 15 is 0 Å². The standard InChI is InChI=1S/C18H15F5N2O3/c19-12-4-5-14(15(20)7-12)17(27)25-9-16(26)24-8-11-2-1-3-13(6-11)28-10-18(21,22)23/h1-7H,8-10H2,(H,24,26)(H,25,27). The summed E-state index contributed by atoms with van der Waals surface area (Å²) in [6.45, 7) is -1.93. The Bertz CT molecular complexity index is 855. The molecular formula is C18H15F5N2O3. The number of hydrogen-bond donors (Lipinski definition) is 2. The van der Waals surface area contributed by atoms with Crippen LogP contribution in [0.1, 0.15) is 15.9 Å². The van der Waals surface area contributed by atoms with Crippen LogP contribution in [0.15, 0.2) is 42.5 Å². The minimum absolute atomic E-state index is 0.0100. The fourth-order valence-corrected chi connectivity index (χ4v) is 2.10. The van der Waals surface area contributed by atoms with Gasteiger partial charge < -0.3 is 15.4 Å². The molecule has 2 amide bonds. The Hall–Kier alpha value is -3.17. The van der Waals surface area contributed by atoms with Crippen molar-refractivity contribution in [2.45, 2.75) is 12.7 Å². The number of carbonyl (C=O) groups excluding carboxylic acids is 2. The van der Waals surface area contributed by atoms with Crippen LogP contribution < -0.4 is 15.4 Å². The lowest BCUT2D eigenvalue weighted by Gasteiger charge is -2.11. The predicted octanol–water partition coefficient (Wildman–Crippen LogP) is 2.95. The van der Waals surface area contributed by atoms with Gasteiger partial charge in [0.2, 0.25) is 5.91 Å². The number of nitrogens with one attached hydrogen (secondary N) is 2. The Morgan fingerprint density at radius 1 is 1.00 bits per heavy atom. The van der Waals surface area contributed by atoms with E-state index in [0.717, 1.165) is 12.1 Å². The summed E-state index contributed by atoms with van der Waals surface area (Å²) in [5.74, 6) is -3.42. The van der Waals surface area contributed by atoms with Gasteiger partial charge in [0.1, 0.15) is 17.4 Å². The Morgan fingerprint density at radius 2 is 1.75 bits per heavy atom. The topological polar surface area (TPSA) is 67.4 Å². The van der Waals surface area contributed by atoms with Gasteiger partial charge in [-0.05, 0) is 29.8 Å². The first-order valence-electron chi connectivity index (χ1n) is 7.92. The zero-order chi connectivity index (χ0) is 20.7. The maximum atomic E-state index is 13.5. The maximum absolute atomic E-state index is 13.5. The zero-order valence-electron chi connectivity index (χ0n) is 14.3. The molecule has 150 valence electrons. The summed E-state index contributed by atoms with van der Waals surface area (Å²) in [7, 11) is 0. The van der Waals surface area contributed by atoms with Crippen molar-refractivity contribution in [1.82, 2.24) is 10.6 Å². The van der Waals surface area contributed by atoms with Gasteiger partial charge in [-0.25, -0.2) is 8.78 Å². The number of alkyl halides is 3. The number of rotatable bonds is 7. The van der Waals surface area contributed by atoms with E-state index < -0.39 is 48.3 Å². The summed E-state index contributed by atoms with van der Waals surface area (Å²) < 4.78 is 67.4. The van der Waals surface area contributed by atoms with Crippen LogP contribution in [-0.2, 0) is 11.3 Å². The Morgan fingerprint density at radius 3 is 2.43 bits per heavy atom. The largest absolute Gasteiger partial charge is 0.484 e. The van der Waals surface area contributed by atoms with E-state index in [1.54, 1.807) is 6.07 Å². The van der Waals surface area contributed by atoms with Crippen LogP contribution in [0.5, 0.6) is 5.75 Å². The van der Waals surface area contributed by atoms with Crippen LogP contribution in [0.4, 0.5) is 22.0 Å². The molecule has 5 nitrogen and oxygen atoms in total. The van der Waals surface area contributed by atoms with E-state index in [1.807, 2.05) is 0 Å². The van der Waals surface area contributed by atoms with Crippen molar-refractivity contribution in [3.05, 3.63) is 65.2 Å². The van der Waals surface area contributed by atoms with Gasteiger partial charge in [0.25, 0.3) is 5.91 Å². The molecule has 0 aliphatic heterocycles. The minimum Gasteiger partial charge on any atom is -0.484 e. The Labute approximate surface area is 156 Å². The zero-order valence-corrected chi connectivity index (χ0v) is 14.3. The fraction of sp³-hybridized carbons (Fsp3) is 0.222. The van der Waals surface area contributed by atoms with Crippen LogP contribution in [-0.4, -0.2) is 31.1 Å². The summed E-state index contributed by atoms with van der Waals surface area (Å²) >= 11 is 0. The van der Waals surface area contributed by atoms with E-state index in [2.05, 4.69) is 15.4 Å². The minimum atomic E-state index is -4.47. The Kier molecular flexibility index (Phi) is 6.91. The van der Waals surface area contributed by atoms with E-state index in [-0.39, 0.29) is 12.3 Å². The van der Waals surface area contributed by atoms with Gasteiger partial charge in [-0.3, -0.25) is 9.59 Å². The molecule has 2 rings (SSSR count). The molecular weight excluding hydrogens is 387 g/mol. The molecule has 0 heterocycles. The summed E-state index contributed by atoms with van der Waals surface area (Å²) in [6.07, 6.45) is -4.47. The first kappa shape index (κ1) is 21.1. The molecule has 0 spiro atoms. The highest BCUT2D eigenvalue weighted by Gasteiger charge is 2.28. The second-order valence-electron chi connectivity index (χ2n) is 5.63. The molecule has 28 heavy (non-hydrogen) atoms. The van der Waals surface area contributed by atoms with Crippen molar-refractivity contribution >= 4 is 11.8 Å². The highest BCUT2D eigenvalue weighted by atomic mass is 19.4. The summed E-state index contributed by atoms with van der Waals surface area (Å²) in [5.41, 5.74) is 0.0626. The van der Waals surface area contributed by atoms with Crippen LogP contribution in [0.25, 0.3) is 0 Å². The molecule has 0 aliphatic rings. The third kappa shape index (κ3) is 6.86. The van der Waals surface area contributed by atoms with Gasteiger partial charge in [0.05, 0.1) is 12.1 Å². The molecule has 10 heteroatoms. The SMILES string of the molecule is O=C(CNC(=O)c1ccc(F)cc1F)NCc1cccc(OCC(F)(F)F)c1. The molecule has 0 radical (unpaired) electrons. The second-order valence-corrected chi connectivity index (χ2v) is 5.63. The summed E-state index contributed by atoms with van der Waals surface area (Å²) in [5, 5.41) is 4.62. The molecule has 2 aromatic rings. The van der Waals surface area contributed by atoms with Gasteiger partial charge in [-0.1, -0.05) is 12.1 Å². The molecule has 0 fully saturated rings. The number of hydrogen-bond acceptors (Lipinski definition) is 3. The first-order chi connectivity index (χ1) is 13.1. The molecule has 2 aromatic carbocycles. The summed E-state index contributed by atoms with van der Waals surface area (Å²) in [6, 6.07) is 8.10. The number of benzene rings is 2. The van der Waals surface area contributed by atoms with Crippen molar-refractivity contribution in [2.75, 3.05) is 13.2 Å². The van der Waals surface area contributed by atoms with Crippen molar-refractivity contribution in [2.24, 2.45) is 0 Å². The van der Waals surface area contributed by atoms with E-state index in [0.29, 0.717) is 11.6 Å². The van der Waals surface area contributed by atoms with E-state index in [1.165, 1.54) is 18.2 Å². The molecule has 0 saturated heterocycles. The maximum Gasteiger partial charge on any atom is 0.422 e. The number of ether oxygens (including phenoxy) is 1. The van der Waals surface area contributed by atoms with Crippen molar-refractivity contribution in [3.8, 4) is 5.75 Å². The number of halogens is 5. The molecule has 0 aliphatic carbocycles. The quantitative estimate of drug-likeness (QED) is 0.700. The van der Waals surface area contributed by atoms with Crippen molar-refractivity contribution < 1.29 is 36.3 Å². The number of carbonyl (C=O) groups is 2. The first-order valence-corrected chi connectivity index (χ1v) is 7.92. The van der Waals surface area contributed by atoms with Crippen LogP contribution >= 0.6 is 0 Å². The van der Waals surface area contributed by atoms with Crippen LogP contribution in [0.3, 0.4) is 0 Å². The molecule has 0 bridgehead atoms. The highest BCUT2D eigenvalue weighted by molar-refractivity contribution is 5.96. The lowest BCUT2D eigenvalue weighted by molar-refractivity contribution is -0.153. The van der Waals surface area contributed by atoms with E-state index in [9.17, 15) is 31.5 Å². The molecule has 0 unspecified atom stereocenters. The monoisotopic (exact) mass is 402 g/mol. The molecule has 2 N–H and O–H groups in total. The third-order valence-corrected chi connectivity index (χ3v) is 3.38. The van der Waals surface area contributed by atoms with Gasteiger partial charge in [-0.15, -0.1) is 0 Å². The lowest BCUT2D eigenvalue weighted by Crippen LogP contribution is -2.36. The van der Waals surface area contributed by atoms with Crippen molar-refractivity contribution in [1.29, 1.82) is 0 Å². The van der Waals surface area contributed by atoms with Gasteiger partial charge in [0, 0.05) is 12.6 Å². The molecule has 0 atom stereocenters. The van der Waals surface area contributed by atoms with E-state index in [4.69, 9.17) is 0 Å². The molecule has 0 saturated carbocycles. The van der Waals surface area contributed by atoms with Crippen molar-refractivity contribution in [3.63, 3.8) is 0 Å². The van der Waals surface area contributed by atoms with Gasteiger partial charge >= 0.3 is 6.18 Å². The van der Waals surface area contributed by atoms with Crippen LogP contribution in [0, 0.1) is 11.6 Å². The predicted molar refractivity (Wildman–Crippen MR) is 88.5 cm³/mol. The Balaban J connectivity index is 1.81. The average molecular weight is 402 g/mol. The normalized spacial score (nSPS) is 11.0. The number of amides is 2. The third-order valence-electron chi connectivity index (χ3n) is 3.38. The van der Waals surface area contributed by atoms with Crippen LogP contribution in [0.2, 0.25) is 0 Å². The van der Waals surface area contributed by atoms with Gasteiger partial charge in [-0.2, -0.15) is 13.2 Å². The highest BCUT2D eigenvalue weighted by Crippen LogP contribution is 2.19. The lowest BCUT2D eigenvalue weighted by atomic mass is 10.2. The summed E-state index contributed by atoms with van der Waals surface area (Å²) in [4.78, 5) is 23.6. The second kappa shape index (κ2) is 9.16. The smallest absolute Gasteiger partial charge is 0.422 e. The van der Waals surface area contributed by atoms with Gasteiger partial charge in [0.15, 0.2) is 6.61 Å².